The third kappa shape index (κ3) is 3.09. The predicted octanol–water partition coefficient (Wildman–Crippen LogP) is 1.89. The second-order valence-electron chi connectivity index (χ2n) is 3.34. The molecule has 0 bridgehead atoms. The first-order chi connectivity index (χ1) is 6.59. The highest BCUT2D eigenvalue weighted by molar-refractivity contribution is 5.73. The lowest BCUT2D eigenvalue weighted by Gasteiger charge is -2.08. The predicted molar refractivity (Wildman–Crippen MR) is 53.0 cm³/mol. The van der Waals surface area contributed by atoms with E-state index >= 15 is 0 Å². The van der Waals surface area contributed by atoms with Crippen LogP contribution in [0.1, 0.15) is 19.4 Å². The van der Waals surface area contributed by atoms with Crippen LogP contribution in [0.3, 0.4) is 0 Å². The Hall–Kier alpha value is -1.51. The van der Waals surface area contributed by atoms with Crippen molar-refractivity contribution in [2.24, 2.45) is 0 Å². The maximum Gasteiger partial charge on any atom is 0.310 e. The van der Waals surface area contributed by atoms with Gasteiger partial charge in [0.2, 0.25) is 0 Å². The second-order valence-corrected chi connectivity index (χ2v) is 3.34. The summed E-state index contributed by atoms with van der Waals surface area (Å²) in [5.41, 5.74) is 0.596. The van der Waals surface area contributed by atoms with Gasteiger partial charge in [-0.2, -0.15) is 0 Å². The minimum absolute atomic E-state index is 0.116. The minimum atomic E-state index is -0.318. The van der Waals surface area contributed by atoms with Crippen LogP contribution in [0.15, 0.2) is 24.3 Å². The van der Waals surface area contributed by atoms with Crippen molar-refractivity contribution in [3.63, 3.8) is 0 Å². The fraction of sp³-hybridized carbons (Fsp3) is 0.364. The van der Waals surface area contributed by atoms with Crippen molar-refractivity contribution in [1.29, 1.82) is 0 Å². The SMILES string of the molecule is CC(C)OC(=O)Cc1ccccc1O. The van der Waals surface area contributed by atoms with Gasteiger partial charge in [-0.3, -0.25) is 4.79 Å². The molecule has 0 aromatic heterocycles. The Morgan fingerprint density at radius 2 is 2.07 bits per heavy atom. The van der Waals surface area contributed by atoms with Gasteiger partial charge in [0.1, 0.15) is 5.75 Å². The number of esters is 1. The number of phenols is 1. The molecule has 0 spiro atoms. The van der Waals surface area contributed by atoms with Gasteiger partial charge in [-0.05, 0) is 19.9 Å². The van der Waals surface area contributed by atoms with Crippen molar-refractivity contribution < 1.29 is 14.6 Å². The molecule has 1 aromatic rings. The number of carbonyl (C=O) groups excluding carboxylic acids is 1. The highest BCUT2D eigenvalue weighted by Crippen LogP contribution is 2.16. The lowest BCUT2D eigenvalue weighted by Crippen LogP contribution is -2.13. The summed E-state index contributed by atoms with van der Waals surface area (Å²) in [4.78, 5) is 11.2. The van der Waals surface area contributed by atoms with E-state index in [4.69, 9.17) is 4.74 Å². The Morgan fingerprint density at radius 3 is 2.64 bits per heavy atom. The Morgan fingerprint density at radius 1 is 1.43 bits per heavy atom. The Kier molecular flexibility index (Phi) is 3.51. The molecule has 14 heavy (non-hydrogen) atoms. The fourth-order valence-electron chi connectivity index (χ4n) is 1.12. The van der Waals surface area contributed by atoms with Crippen molar-refractivity contribution >= 4 is 5.97 Å². The van der Waals surface area contributed by atoms with E-state index in [1.807, 2.05) is 0 Å². The number of hydrogen-bond donors (Lipinski definition) is 1. The summed E-state index contributed by atoms with van der Waals surface area (Å²) in [6, 6.07) is 6.75. The van der Waals surface area contributed by atoms with Crippen LogP contribution in [0.5, 0.6) is 5.75 Å². The fourth-order valence-corrected chi connectivity index (χ4v) is 1.12. The molecule has 0 atom stereocenters. The van der Waals surface area contributed by atoms with Crippen LogP contribution in [0.4, 0.5) is 0 Å². The van der Waals surface area contributed by atoms with Gasteiger partial charge in [0.15, 0.2) is 0 Å². The van der Waals surface area contributed by atoms with Crippen molar-refractivity contribution in [2.45, 2.75) is 26.4 Å². The molecule has 0 heterocycles. The number of para-hydroxylation sites is 1. The third-order valence-electron chi connectivity index (χ3n) is 1.69. The van der Waals surface area contributed by atoms with Gasteiger partial charge >= 0.3 is 5.97 Å². The third-order valence-corrected chi connectivity index (χ3v) is 1.69. The molecule has 0 fully saturated rings. The zero-order valence-corrected chi connectivity index (χ0v) is 8.36. The molecule has 3 nitrogen and oxygen atoms in total. The van der Waals surface area contributed by atoms with Gasteiger partial charge in [-0.15, -0.1) is 0 Å². The summed E-state index contributed by atoms with van der Waals surface area (Å²) in [5.74, 6) is -0.185. The normalized spacial score (nSPS) is 10.2. The molecule has 0 aliphatic rings. The number of carbonyl (C=O) groups is 1. The number of rotatable bonds is 3. The van der Waals surface area contributed by atoms with Crippen molar-refractivity contribution in [1.82, 2.24) is 0 Å². The van der Waals surface area contributed by atoms with Crippen molar-refractivity contribution in [2.75, 3.05) is 0 Å². The number of ether oxygens (including phenoxy) is 1. The number of hydrogen-bond acceptors (Lipinski definition) is 3. The monoisotopic (exact) mass is 194 g/mol. The minimum Gasteiger partial charge on any atom is -0.508 e. The van der Waals surface area contributed by atoms with Gasteiger partial charge < -0.3 is 9.84 Å². The summed E-state index contributed by atoms with van der Waals surface area (Å²) in [6.07, 6.45) is -0.00134. The molecule has 1 aromatic carbocycles. The topological polar surface area (TPSA) is 46.5 Å². The first kappa shape index (κ1) is 10.6. The van der Waals surface area contributed by atoms with Crippen LogP contribution < -0.4 is 0 Å². The van der Waals surface area contributed by atoms with Crippen molar-refractivity contribution in [3.8, 4) is 5.75 Å². The quantitative estimate of drug-likeness (QED) is 0.747. The average Bonchev–Trinajstić information content (AvgIpc) is 2.07. The summed E-state index contributed by atoms with van der Waals surface area (Å²) >= 11 is 0. The van der Waals surface area contributed by atoms with Gasteiger partial charge in [-0.25, -0.2) is 0 Å². The molecular weight excluding hydrogens is 180 g/mol. The van der Waals surface area contributed by atoms with Crippen LogP contribution in [0.25, 0.3) is 0 Å². The molecule has 3 heteroatoms. The van der Waals surface area contributed by atoms with Crippen LogP contribution in [0.2, 0.25) is 0 Å². The molecule has 1 N–H and O–H groups in total. The lowest BCUT2D eigenvalue weighted by atomic mass is 10.1. The van der Waals surface area contributed by atoms with Gasteiger partial charge in [0.05, 0.1) is 12.5 Å². The molecule has 0 aliphatic heterocycles. The highest BCUT2D eigenvalue weighted by atomic mass is 16.5. The summed E-state index contributed by atoms with van der Waals surface area (Å²) in [7, 11) is 0. The Balaban J connectivity index is 2.61. The maximum absolute atomic E-state index is 11.2. The van der Waals surface area contributed by atoms with E-state index in [0.717, 1.165) is 0 Å². The standard InChI is InChI=1S/C11H14O3/c1-8(2)14-11(13)7-9-5-3-4-6-10(9)12/h3-6,8,12H,7H2,1-2H3. The maximum atomic E-state index is 11.2. The summed E-state index contributed by atoms with van der Waals surface area (Å²) in [5, 5.41) is 9.39. The van der Waals surface area contributed by atoms with E-state index in [9.17, 15) is 9.90 Å². The molecule has 76 valence electrons. The van der Waals surface area contributed by atoms with E-state index in [-0.39, 0.29) is 24.2 Å². The van der Waals surface area contributed by atoms with Crippen LogP contribution in [-0.4, -0.2) is 17.2 Å². The van der Waals surface area contributed by atoms with Gasteiger partial charge in [0.25, 0.3) is 0 Å². The lowest BCUT2D eigenvalue weighted by molar-refractivity contribution is -0.146. The molecular formula is C11H14O3. The molecule has 0 unspecified atom stereocenters. The molecule has 0 radical (unpaired) electrons. The average molecular weight is 194 g/mol. The van der Waals surface area contributed by atoms with E-state index < -0.39 is 0 Å². The highest BCUT2D eigenvalue weighted by Gasteiger charge is 2.09. The number of aromatic hydroxyl groups is 1. The smallest absolute Gasteiger partial charge is 0.310 e. The molecule has 1 rings (SSSR count). The molecule has 0 aliphatic carbocycles. The van der Waals surface area contributed by atoms with E-state index in [1.165, 1.54) is 0 Å². The first-order valence-electron chi connectivity index (χ1n) is 4.56. The second kappa shape index (κ2) is 4.65. The van der Waals surface area contributed by atoms with E-state index in [0.29, 0.717) is 5.56 Å². The Labute approximate surface area is 83.3 Å². The molecule has 0 amide bonds. The van der Waals surface area contributed by atoms with Gasteiger partial charge in [-0.1, -0.05) is 18.2 Å². The number of phenolic OH excluding ortho intramolecular Hbond substituents is 1. The van der Waals surface area contributed by atoms with Crippen LogP contribution in [-0.2, 0) is 16.0 Å². The largest absolute Gasteiger partial charge is 0.508 e. The van der Waals surface area contributed by atoms with E-state index in [1.54, 1.807) is 38.1 Å². The van der Waals surface area contributed by atoms with Gasteiger partial charge in [0, 0.05) is 5.56 Å². The van der Waals surface area contributed by atoms with E-state index in [2.05, 4.69) is 0 Å². The zero-order chi connectivity index (χ0) is 10.6. The van der Waals surface area contributed by atoms with Crippen LogP contribution in [0, 0.1) is 0 Å². The first-order valence-corrected chi connectivity index (χ1v) is 4.56. The summed E-state index contributed by atoms with van der Waals surface area (Å²) in [6.45, 7) is 3.59. The molecule has 0 saturated carbocycles. The van der Waals surface area contributed by atoms with Crippen LogP contribution >= 0.6 is 0 Å². The Bertz CT molecular complexity index is 318. The number of benzene rings is 1. The summed E-state index contributed by atoms with van der Waals surface area (Å²) < 4.78 is 4.96. The zero-order valence-electron chi connectivity index (χ0n) is 8.36. The van der Waals surface area contributed by atoms with Crippen molar-refractivity contribution in [3.05, 3.63) is 29.8 Å². The molecule has 0 saturated heterocycles.